The van der Waals surface area contributed by atoms with E-state index >= 15 is 0 Å². The van der Waals surface area contributed by atoms with E-state index in [9.17, 15) is 5.11 Å². The number of phenols is 1. The molecular weight excluding hydrogens is 264 g/mol. The summed E-state index contributed by atoms with van der Waals surface area (Å²) in [5, 5.41) is 13.5. The van der Waals surface area contributed by atoms with Crippen molar-refractivity contribution in [3.8, 4) is 11.5 Å². The highest BCUT2D eigenvalue weighted by Gasteiger charge is 2.13. The number of aromatic hydroxyl groups is 1. The lowest BCUT2D eigenvalue weighted by atomic mass is 10.1. The number of nitrogens with zero attached hydrogens (tertiary/aromatic N) is 1. The van der Waals surface area contributed by atoms with Crippen molar-refractivity contribution in [2.24, 2.45) is 0 Å². The van der Waals surface area contributed by atoms with Crippen LogP contribution in [0.3, 0.4) is 0 Å². The molecule has 21 heavy (non-hydrogen) atoms. The molecule has 2 rings (SSSR count). The number of hydrogen-bond acceptors (Lipinski definition) is 4. The van der Waals surface area contributed by atoms with Gasteiger partial charge in [0.2, 0.25) is 0 Å². The quantitative estimate of drug-likeness (QED) is 0.881. The second-order valence-electron chi connectivity index (χ2n) is 5.20. The monoisotopic (exact) mass is 286 g/mol. The Kier molecular flexibility index (Phi) is 4.58. The molecule has 0 radical (unpaired) electrons. The van der Waals surface area contributed by atoms with Gasteiger partial charge in [-0.1, -0.05) is 12.1 Å². The van der Waals surface area contributed by atoms with Gasteiger partial charge in [-0.25, -0.2) is 0 Å². The van der Waals surface area contributed by atoms with Crippen LogP contribution in [-0.4, -0.2) is 26.3 Å². The molecule has 0 fully saturated rings. The molecule has 4 nitrogen and oxygen atoms in total. The van der Waals surface area contributed by atoms with Crippen LogP contribution in [0, 0.1) is 0 Å². The summed E-state index contributed by atoms with van der Waals surface area (Å²) in [6.45, 7) is 2.01. The number of anilines is 2. The first-order chi connectivity index (χ1) is 10.0. The van der Waals surface area contributed by atoms with Gasteiger partial charge in [0.25, 0.3) is 0 Å². The zero-order chi connectivity index (χ0) is 15.4. The Morgan fingerprint density at radius 3 is 2.52 bits per heavy atom. The largest absolute Gasteiger partial charge is 0.508 e. The van der Waals surface area contributed by atoms with Gasteiger partial charge in [-0.3, -0.25) is 0 Å². The van der Waals surface area contributed by atoms with Crippen LogP contribution in [0.1, 0.15) is 18.5 Å². The maximum absolute atomic E-state index is 10.1. The van der Waals surface area contributed by atoms with Gasteiger partial charge < -0.3 is 20.1 Å². The van der Waals surface area contributed by atoms with Crippen LogP contribution in [0.15, 0.2) is 42.5 Å². The first-order valence-electron chi connectivity index (χ1n) is 6.92. The van der Waals surface area contributed by atoms with E-state index in [4.69, 9.17) is 4.74 Å². The number of nitrogens with one attached hydrogen (secondary N) is 1. The third-order valence-electron chi connectivity index (χ3n) is 3.46. The molecule has 0 spiro atoms. The van der Waals surface area contributed by atoms with E-state index in [0.717, 1.165) is 22.7 Å². The minimum absolute atomic E-state index is 0.0406. The van der Waals surface area contributed by atoms with Crippen molar-refractivity contribution < 1.29 is 9.84 Å². The summed E-state index contributed by atoms with van der Waals surface area (Å²) in [5.74, 6) is 0.996. The second kappa shape index (κ2) is 6.39. The number of benzene rings is 2. The Hall–Kier alpha value is -2.36. The maximum Gasteiger partial charge on any atom is 0.121 e. The van der Waals surface area contributed by atoms with Gasteiger partial charge >= 0.3 is 0 Å². The molecule has 0 amide bonds. The smallest absolute Gasteiger partial charge is 0.121 e. The van der Waals surface area contributed by atoms with Crippen molar-refractivity contribution in [1.29, 1.82) is 0 Å². The summed E-state index contributed by atoms with van der Waals surface area (Å²) in [7, 11) is 5.64. The molecule has 0 saturated heterocycles. The molecule has 2 aromatic carbocycles. The van der Waals surface area contributed by atoms with Crippen molar-refractivity contribution in [2.45, 2.75) is 13.0 Å². The number of para-hydroxylation sites is 2. The van der Waals surface area contributed by atoms with Gasteiger partial charge in [-0.15, -0.1) is 0 Å². The molecule has 0 aliphatic rings. The van der Waals surface area contributed by atoms with Gasteiger partial charge in [0.05, 0.1) is 24.5 Å². The van der Waals surface area contributed by atoms with E-state index in [0.29, 0.717) is 0 Å². The Morgan fingerprint density at radius 1 is 1.14 bits per heavy atom. The van der Waals surface area contributed by atoms with E-state index in [2.05, 4.69) is 16.3 Å². The SMILES string of the molecule is COc1ccc(O)c(C(C)Nc2ccccc2N(C)C)c1. The summed E-state index contributed by atoms with van der Waals surface area (Å²) >= 11 is 0. The van der Waals surface area contributed by atoms with Gasteiger partial charge in [0.15, 0.2) is 0 Å². The lowest BCUT2D eigenvalue weighted by Crippen LogP contribution is -2.14. The Labute approximate surface area is 126 Å². The normalized spacial score (nSPS) is 11.8. The van der Waals surface area contributed by atoms with E-state index < -0.39 is 0 Å². The average molecular weight is 286 g/mol. The summed E-state index contributed by atoms with van der Waals surface area (Å²) in [6, 6.07) is 13.3. The van der Waals surface area contributed by atoms with Gasteiger partial charge in [0.1, 0.15) is 11.5 Å². The zero-order valence-electron chi connectivity index (χ0n) is 12.9. The fourth-order valence-electron chi connectivity index (χ4n) is 2.30. The van der Waals surface area contributed by atoms with E-state index in [1.165, 1.54) is 0 Å². The minimum atomic E-state index is -0.0406. The number of methoxy groups -OCH3 is 1. The van der Waals surface area contributed by atoms with E-state index in [1.54, 1.807) is 19.2 Å². The number of phenolic OH excluding ortho intramolecular Hbond substituents is 1. The Morgan fingerprint density at radius 2 is 1.86 bits per heavy atom. The topological polar surface area (TPSA) is 44.7 Å². The van der Waals surface area contributed by atoms with Crippen LogP contribution < -0.4 is 15.0 Å². The van der Waals surface area contributed by atoms with Crippen molar-refractivity contribution in [3.05, 3.63) is 48.0 Å². The third kappa shape index (κ3) is 3.40. The summed E-state index contributed by atoms with van der Waals surface area (Å²) in [4.78, 5) is 2.06. The van der Waals surface area contributed by atoms with Crippen molar-refractivity contribution in [1.82, 2.24) is 0 Å². The molecule has 2 N–H and O–H groups in total. The van der Waals surface area contributed by atoms with Crippen molar-refractivity contribution >= 4 is 11.4 Å². The van der Waals surface area contributed by atoms with Crippen molar-refractivity contribution in [2.75, 3.05) is 31.4 Å². The fourth-order valence-corrected chi connectivity index (χ4v) is 2.30. The number of rotatable bonds is 5. The molecule has 0 aromatic heterocycles. The van der Waals surface area contributed by atoms with Crippen LogP contribution in [0.2, 0.25) is 0 Å². The molecular formula is C17H22N2O2. The number of hydrogen-bond donors (Lipinski definition) is 2. The standard InChI is InChI=1S/C17H22N2O2/c1-12(14-11-13(21-4)9-10-17(14)20)18-15-7-5-6-8-16(15)19(2)3/h5-12,18,20H,1-4H3. The van der Waals surface area contributed by atoms with Crippen LogP contribution >= 0.6 is 0 Å². The van der Waals surface area contributed by atoms with Crippen LogP contribution in [0.5, 0.6) is 11.5 Å². The van der Waals surface area contributed by atoms with E-state index in [1.807, 2.05) is 45.3 Å². The van der Waals surface area contributed by atoms with Crippen LogP contribution in [-0.2, 0) is 0 Å². The van der Waals surface area contributed by atoms with Gasteiger partial charge in [-0.2, -0.15) is 0 Å². The molecule has 0 aliphatic carbocycles. The fraction of sp³-hybridized carbons (Fsp3) is 0.294. The first kappa shape index (κ1) is 15.0. The second-order valence-corrected chi connectivity index (χ2v) is 5.20. The van der Waals surface area contributed by atoms with Crippen molar-refractivity contribution in [3.63, 3.8) is 0 Å². The molecule has 1 unspecified atom stereocenters. The predicted molar refractivity (Wildman–Crippen MR) is 87.5 cm³/mol. The van der Waals surface area contributed by atoms with Gasteiger partial charge in [0, 0.05) is 19.7 Å². The highest BCUT2D eigenvalue weighted by atomic mass is 16.5. The number of ether oxygens (including phenoxy) is 1. The molecule has 112 valence electrons. The third-order valence-corrected chi connectivity index (χ3v) is 3.46. The Bertz CT molecular complexity index is 611. The molecule has 0 heterocycles. The highest BCUT2D eigenvalue weighted by molar-refractivity contribution is 5.70. The lowest BCUT2D eigenvalue weighted by Gasteiger charge is -2.22. The van der Waals surface area contributed by atoms with Gasteiger partial charge in [-0.05, 0) is 37.3 Å². The molecule has 4 heteroatoms. The van der Waals surface area contributed by atoms with E-state index in [-0.39, 0.29) is 11.8 Å². The highest BCUT2D eigenvalue weighted by Crippen LogP contribution is 2.33. The lowest BCUT2D eigenvalue weighted by molar-refractivity contribution is 0.410. The molecule has 0 aliphatic heterocycles. The first-order valence-corrected chi connectivity index (χ1v) is 6.92. The van der Waals surface area contributed by atoms with Crippen LogP contribution in [0.25, 0.3) is 0 Å². The maximum atomic E-state index is 10.1. The average Bonchev–Trinajstić information content (AvgIpc) is 2.48. The summed E-state index contributed by atoms with van der Waals surface area (Å²) in [5.41, 5.74) is 2.94. The summed E-state index contributed by atoms with van der Waals surface area (Å²) < 4.78 is 5.23. The molecule has 0 bridgehead atoms. The molecule has 0 saturated carbocycles. The molecule has 1 atom stereocenters. The predicted octanol–water partition coefficient (Wildman–Crippen LogP) is 3.64. The minimum Gasteiger partial charge on any atom is -0.508 e. The van der Waals surface area contributed by atoms with Crippen LogP contribution in [0.4, 0.5) is 11.4 Å². The summed E-state index contributed by atoms with van der Waals surface area (Å²) in [6.07, 6.45) is 0. The zero-order valence-corrected chi connectivity index (χ0v) is 12.9. The Balaban J connectivity index is 2.28. The molecule has 2 aromatic rings.